The number of carbonyl (C=O) groups excluding carboxylic acids is 3. The van der Waals surface area contributed by atoms with Crippen LogP contribution in [0.1, 0.15) is 15.2 Å². The molecule has 0 radical (unpaired) electrons. The number of benzene rings is 1. The van der Waals surface area contributed by atoms with Crippen LogP contribution in [0.5, 0.6) is 0 Å². The molecule has 8 nitrogen and oxygen atoms in total. The molecule has 0 unspecified atom stereocenters. The third-order valence-electron chi connectivity index (χ3n) is 4.96. The molecule has 2 heterocycles. The summed E-state index contributed by atoms with van der Waals surface area (Å²) in [5, 5.41) is 6.69. The number of hydrogen-bond donors (Lipinski definition) is 3. The molecular formula is C21H20ClF5N4O4S. The first kappa shape index (κ1) is 27.8. The van der Waals surface area contributed by atoms with Crippen LogP contribution < -0.4 is 20.9 Å². The predicted molar refractivity (Wildman–Crippen MR) is 123 cm³/mol. The van der Waals surface area contributed by atoms with E-state index in [1.54, 1.807) is 0 Å². The Morgan fingerprint density at radius 2 is 1.92 bits per heavy atom. The van der Waals surface area contributed by atoms with Crippen LogP contribution in [-0.2, 0) is 20.5 Å². The summed E-state index contributed by atoms with van der Waals surface area (Å²) < 4.78 is 72.1. The number of amides is 3. The first-order valence-corrected chi connectivity index (χ1v) is 11.6. The summed E-state index contributed by atoms with van der Waals surface area (Å²) in [7, 11) is 0. The van der Waals surface area contributed by atoms with Crippen LogP contribution >= 0.6 is 22.9 Å². The van der Waals surface area contributed by atoms with Crippen LogP contribution in [-0.4, -0.2) is 63.0 Å². The van der Waals surface area contributed by atoms with E-state index in [1.165, 1.54) is 18.2 Å². The first-order chi connectivity index (χ1) is 17.0. The minimum absolute atomic E-state index is 0.0390. The third-order valence-corrected chi connectivity index (χ3v) is 6.19. The molecular weight excluding hydrogens is 535 g/mol. The molecule has 36 heavy (non-hydrogen) atoms. The number of nitrogens with one attached hydrogen (secondary N) is 3. The van der Waals surface area contributed by atoms with Crippen molar-refractivity contribution in [3.8, 4) is 0 Å². The zero-order chi connectivity index (χ0) is 26.5. The summed E-state index contributed by atoms with van der Waals surface area (Å²) in [6.45, 7) is -1.51. The number of alkyl halides is 5. The van der Waals surface area contributed by atoms with Crippen LogP contribution in [0.2, 0.25) is 4.34 Å². The second-order valence-corrected chi connectivity index (χ2v) is 9.20. The smallest absolute Gasteiger partial charge is 0.370 e. The second-order valence-electron chi connectivity index (χ2n) is 7.48. The van der Waals surface area contributed by atoms with E-state index in [1.807, 2.05) is 0 Å². The van der Waals surface area contributed by atoms with Crippen LogP contribution in [0.25, 0.3) is 0 Å². The Labute approximate surface area is 210 Å². The maximum absolute atomic E-state index is 13.8. The Morgan fingerprint density at radius 3 is 2.53 bits per heavy atom. The van der Waals surface area contributed by atoms with Gasteiger partial charge in [0.05, 0.1) is 33.6 Å². The van der Waals surface area contributed by atoms with Crippen molar-refractivity contribution in [2.24, 2.45) is 0 Å². The zero-order valence-electron chi connectivity index (χ0n) is 18.3. The molecule has 1 fully saturated rings. The van der Waals surface area contributed by atoms with Crippen molar-refractivity contribution >= 4 is 52.0 Å². The van der Waals surface area contributed by atoms with Gasteiger partial charge in [-0.2, -0.15) is 13.2 Å². The van der Waals surface area contributed by atoms with Gasteiger partial charge in [0.1, 0.15) is 12.6 Å². The molecule has 1 aliphatic rings. The number of morpholine rings is 1. The largest absolute Gasteiger partial charge is 0.418 e. The molecule has 3 rings (SSSR count). The third kappa shape index (κ3) is 7.35. The summed E-state index contributed by atoms with van der Waals surface area (Å²) in [4.78, 5) is 38.3. The number of halogens is 6. The van der Waals surface area contributed by atoms with Crippen molar-refractivity contribution in [1.29, 1.82) is 0 Å². The van der Waals surface area contributed by atoms with Crippen molar-refractivity contribution in [2.75, 3.05) is 43.1 Å². The molecule has 1 aromatic heterocycles. The van der Waals surface area contributed by atoms with Gasteiger partial charge in [0.2, 0.25) is 5.91 Å². The average Bonchev–Trinajstić information content (AvgIpc) is 3.25. The molecule has 15 heteroatoms. The van der Waals surface area contributed by atoms with E-state index >= 15 is 0 Å². The van der Waals surface area contributed by atoms with E-state index in [9.17, 15) is 36.3 Å². The number of hydrogen-bond acceptors (Lipinski definition) is 6. The molecule has 0 saturated carbocycles. The lowest BCUT2D eigenvalue weighted by atomic mass is 10.1. The second kappa shape index (κ2) is 12.0. The lowest BCUT2D eigenvalue weighted by molar-refractivity contribution is -0.137. The molecule has 196 valence electrons. The van der Waals surface area contributed by atoms with Gasteiger partial charge in [0.25, 0.3) is 18.2 Å². The summed E-state index contributed by atoms with van der Waals surface area (Å²) in [6.07, 6.45) is -7.77. The Kier molecular flexibility index (Phi) is 9.22. The molecule has 3 amide bonds. The SMILES string of the molecule is O=C(NC[C@@H](NCC(F)F)C(=O)Nc1ccc(N2CCOCC2=O)cc1C(F)(F)F)c1ccc(Cl)s1. The summed E-state index contributed by atoms with van der Waals surface area (Å²) in [6, 6.07) is 4.30. The van der Waals surface area contributed by atoms with Crippen LogP contribution in [0, 0.1) is 0 Å². The minimum Gasteiger partial charge on any atom is -0.370 e. The quantitative estimate of drug-likeness (QED) is 0.413. The molecule has 0 aliphatic carbocycles. The molecule has 1 aliphatic heterocycles. The van der Waals surface area contributed by atoms with Crippen LogP contribution in [0.15, 0.2) is 30.3 Å². The maximum Gasteiger partial charge on any atom is 0.418 e. The van der Waals surface area contributed by atoms with Gasteiger partial charge in [-0.25, -0.2) is 8.78 Å². The highest BCUT2D eigenvalue weighted by atomic mass is 35.5. The average molecular weight is 555 g/mol. The fourth-order valence-electron chi connectivity index (χ4n) is 3.26. The van der Waals surface area contributed by atoms with Gasteiger partial charge in [-0.3, -0.25) is 19.7 Å². The minimum atomic E-state index is -4.91. The van der Waals surface area contributed by atoms with Gasteiger partial charge >= 0.3 is 6.18 Å². The van der Waals surface area contributed by atoms with Gasteiger partial charge in [0.15, 0.2) is 0 Å². The number of thiophene rings is 1. The van der Waals surface area contributed by atoms with Crippen molar-refractivity contribution in [2.45, 2.75) is 18.6 Å². The normalized spacial score (nSPS) is 15.2. The molecule has 2 aromatic rings. The Bertz CT molecular complexity index is 1110. The number of ether oxygens (including phenoxy) is 1. The molecule has 3 N–H and O–H groups in total. The predicted octanol–water partition coefficient (Wildman–Crippen LogP) is 3.38. The van der Waals surface area contributed by atoms with Gasteiger partial charge in [-0.15, -0.1) is 11.3 Å². The van der Waals surface area contributed by atoms with Crippen molar-refractivity contribution < 1.29 is 41.1 Å². The van der Waals surface area contributed by atoms with E-state index in [0.29, 0.717) is 10.4 Å². The van der Waals surface area contributed by atoms with Crippen molar-refractivity contribution in [1.82, 2.24) is 10.6 Å². The summed E-state index contributed by atoms with van der Waals surface area (Å²) in [5.41, 5.74) is -1.92. The molecule has 1 atom stereocenters. The van der Waals surface area contributed by atoms with Gasteiger partial charge in [-0.1, -0.05) is 11.6 Å². The van der Waals surface area contributed by atoms with Crippen LogP contribution in [0.3, 0.4) is 0 Å². The van der Waals surface area contributed by atoms with Crippen LogP contribution in [0.4, 0.5) is 33.3 Å². The summed E-state index contributed by atoms with van der Waals surface area (Å²) >= 11 is 6.72. The van der Waals surface area contributed by atoms with Gasteiger partial charge in [-0.05, 0) is 30.3 Å². The highest BCUT2D eigenvalue weighted by molar-refractivity contribution is 7.18. The fraction of sp³-hybridized carbons (Fsp3) is 0.381. The Hall–Kier alpha value is -2.81. The van der Waals surface area contributed by atoms with E-state index in [2.05, 4.69) is 16.0 Å². The standard InChI is InChI=1S/C21H20ClF5N4O4S/c22-16-4-3-15(36-16)20(34)29-8-14(28-9-17(23)24)19(33)30-13-2-1-11(7-12(13)21(25,26)27)31-5-6-35-10-18(31)32/h1-4,7,14,17,28H,5-6,8-10H2,(H,29,34)(H,30,33)/t14-/m1/s1. The lowest BCUT2D eigenvalue weighted by Gasteiger charge is -2.28. The van der Waals surface area contributed by atoms with E-state index < -0.39 is 60.7 Å². The number of carbonyl (C=O) groups is 3. The molecule has 0 spiro atoms. The number of rotatable bonds is 9. The Balaban J connectivity index is 1.78. The molecule has 0 bridgehead atoms. The summed E-state index contributed by atoms with van der Waals surface area (Å²) in [5.74, 6) is -2.25. The van der Waals surface area contributed by atoms with E-state index in [4.69, 9.17) is 16.3 Å². The molecule has 1 aromatic carbocycles. The van der Waals surface area contributed by atoms with Gasteiger partial charge < -0.3 is 20.3 Å². The van der Waals surface area contributed by atoms with Crippen molar-refractivity contribution in [3.05, 3.63) is 45.1 Å². The van der Waals surface area contributed by atoms with E-state index in [-0.39, 0.29) is 30.3 Å². The number of anilines is 2. The maximum atomic E-state index is 13.8. The number of nitrogens with zero attached hydrogens (tertiary/aromatic N) is 1. The highest BCUT2D eigenvalue weighted by Crippen LogP contribution is 2.37. The fourth-order valence-corrected chi connectivity index (χ4v) is 4.22. The monoisotopic (exact) mass is 554 g/mol. The molecule has 1 saturated heterocycles. The lowest BCUT2D eigenvalue weighted by Crippen LogP contribution is -2.49. The Morgan fingerprint density at radius 1 is 1.17 bits per heavy atom. The first-order valence-electron chi connectivity index (χ1n) is 10.4. The van der Waals surface area contributed by atoms with Gasteiger partial charge in [0, 0.05) is 18.8 Å². The van der Waals surface area contributed by atoms with E-state index in [0.717, 1.165) is 22.3 Å². The topological polar surface area (TPSA) is 99.8 Å². The highest BCUT2D eigenvalue weighted by Gasteiger charge is 2.36. The zero-order valence-corrected chi connectivity index (χ0v) is 19.9. The van der Waals surface area contributed by atoms with Crippen molar-refractivity contribution in [3.63, 3.8) is 0 Å².